The summed E-state index contributed by atoms with van der Waals surface area (Å²) < 4.78 is 125. The third kappa shape index (κ3) is 5.72. The molecule has 0 fully saturated rings. The summed E-state index contributed by atoms with van der Waals surface area (Å²) >= 11 is 0. The van der Waals surface area contributed by atoms with E-state index in [4.69, 9.17) is 0 Å². The molecular formula is C37H7F9N8. The molecule has 0 unspecified atom stereocenters. The minimum absolute atomic E-state index is 0.209. The van der Waals surface area contributed by atoms with Crippen LogP contribution in [-0.2, 0) is 18.5 Å². The second-order valence-electron chi connectivity index (χ2n) is 11.0. The molecule has 258 valence electrons. The van der Waals surface area contributed by atoms with Crippen LogP contribution < -0.4 is 0 Å². The summed E-state index contributed by atoms with van der Waals surface area (Å²) in [5, 5.41) is 80.6. The molecule has 0 saturated heterocycles. The van der Waals surface area contributed by atoms with Crippen LogP contribution in [0.1, 0.15) is 61.2 Å². The minimum atomic E-state index is -5.39. The molecule has 0 radical (unpaired) electrons. The Balaban J connectivity index is 2.01. The molecule has 3 aromatic rings. The van der Waals surface area contributed by atoms with E-state index in [2.05, 4.69) is 0 Å². The first kappa shape index (κ1) is 37.2. The highest BCUT2D eigenvalue weighted by molar-refractivity contribution is 6.31. The van der Waals surface area contributed by atoms with Crippen molar-refractivity contribution in [2.24, 2.45) is 0 Å². The number of rotatable bonds is 2. The Bertz CT molecular complexity index is 2690. The highest BCUT2D eigenvalue weighted by Crippen LogP contribution is 2.57. The third-order valence-corrected chi connectivity index (χ3v) is 8.26. The molecule has 0 aliphatic heterocycles. The quantitative estimate of drug-likeness (QED) is 0.184. The van der Waals surface area contributed by atoms with Crippen molar-refractivity contribution < 1.29 is 39.5 Å². The van der Waals surface area contributed by atoms with Crippen LogP contribution in [0.3, 0.4) is 0 Å². The molecule has 0 heterocycles. The van der Waals surface area contributed by atoms with E-state index in [9.17, 15) is 81.6 Å². The number of nitriles is 8. The zero-order valence-electron chi connectivity index (χ0n) is 26.0. The van der Waals surface area contributed by atoms with Gasteiger partial charge in [0.1, 0.15) is 53.6 Å². The van der Waals surface area contributed by atoms with Crippen LogP contribution in [0.25, 0.3) is 33.4 Å². The Morgan fingerprint density at radius 1 is 0.463 bits per heavy atom. The second-order valence-corrected chi connectivity index (χ2v) is 11.0. The zero-order chi connectivity index (χ0) is 40.1. The number of nitrogens with zero attached hydrogens (tertiary/aromatic N) is 8. The van der Waals surface area contributed by atoms with E-state index in [-0.39, 0.29) is 29.3 Å². The van der Waals surface area contributed by atoms with Crippen LogP contribution in [0.5, 0.6) is 0 Å². The van der Waals surface area contributed by atoms with Gasteiger partial charge in [0, 0.05) is 39.0 Å². The lowest BCUT2D eigenvalue weighted by atomic mass is 9.85. The normalized spacial score (nSPS) is 13.3. The fourth-order valence-corrected chi connectivity index (χ4v) is 6.21. The topological polar surface area (TPSA) is 190 Å². The van der Waals surface area contributed by atoms with Gasteiger partial charge in [-0.2, -0.15) is 81.6 Å². The first-order valence-electron chi connectivity index (χ1n) is 14.3. The Labute approximate surface area is 296 Å². The van der Waals surface area contributed by atoms with Gasteiger partial charge >= 0.3 is 18.5 Å². The molecule has 17 heteroatoms. The first-order chi connectivity index (χ1) is 25.4. The van der Waals surface area contributed by atoms with E-state index < -0.39 is 113 Å². The van der Waals surface area contributed by atoms with Crippen LogP contribution in [0.2, 0.25) is 0 Å². The number of allylic oxidation sites excluding steroid dienone is 8. The van der Waals surface area contributed by atoms with Gasteiger partial charge in [-0.25, -0.2) is 0 Å². The van der Waals surface area contributed by atoms with E-state index in [1.54, 1.807) is 30.3 Å². The van der Waals surface area contributed by atoms with E-state index in [1.165, 1.54) is 18.2 Å². The minimum Gasteiger partial charge on any atom is -0.192 e. The average molecular weight is 735 g/mol. The molecule has 8 nitrogen and oxygen atoms in total. The maximum absolute atomic E-state index is 13.9. The number of fused-ring (bicyclic) bond motifs is 2. The van der Waals surface area contributed by atoms with Crippen molar-refractivity contribution in [3.63, 3.8) is 0 Å². The molecule has 0 amide bonds. The van der Waals surface area contributed by atoms with Crippen molar-refractivity contribution in [1.82, 2.24) is 0 Å². The lowest BCUT2D eigenvalue weighted by molar-refractivity contribution is -0.143. The van der Waals surface area contributed by atoms with E-state index in [0.717, 1.165) is 12.1 Å². The van der Waals surface area contributed by atoms with Crippen molar-refractivity contribution in [1.29, 1.82) is 42.1 Å². The molecule has 2 aliphatic carbocycles. The molecule has 0 spiro atoms. The van der Waals surface area contributed by atoms with Crippen LogP contribution in [-0.4, -0.2) is 0 Å². The van der Waals surface area contributed by atoms with Gasteiger partial charge in [-0.3, -0.25) is 0 Å². The van der Waals surface area contributed by atoms with Crippen LogP contribution in [0, 0.1) is 90.6 Å². The summed E-state index contributed by atoms with van der Waals surface area (Å²) in [6.45, 7) is 0. The van der Waals surface area contributed by atoms with E-state index in [1.807, 2.05) is 0 Å². The summed E-state index contributed by atoms with van der Waals surface area (Å²) in [5.74, 6) is 0. The third-order valence-electron chi connectivity index (χ3n) is 8.26. The van der Waals surface area contributed by atoms with Crippen molar-refractivity contribution in [3.8, 4) is 48.6 Å². The molecule has 54 heavy (non-hydrogen) atoms. The lowest BCUT2D eigenvalue weighted by Gasteiger charge is -2.16. The lowest BCUT2D eigenvalue weighted by Crippen LogP contribution is -2.12. The van der Waals surface area contributed by atoms with E-state index in [0.29, 0.717) is 12.1 Å². The average Bonchev–Trinajstić information content (AvgIpc) is 3.62. The van der Waals surface area contributed by atoms with Crippen LogP contribution in [0.15, 0.2) is 53.6 Å². The van der Waals surface area contributed by atoms with Gasteiger partial charge in [-0.15, -0.1) is 0 Å². The van der Waals surface area contributed by atoms with Crippen molar-refractivity contribution >= 4 is 33.4 Å². The maximum atomic E-state index is 13.9. The molecule has 0 aromatic heterocycles. The van der Waals surface area contributed by atoms with Crippen molar-refractivity contribution in [2.45, 2.75) is 18.5 Å². The Morgan fingerprint density at radius 2 is 0.981 bits per heavy atom. The van der Waals surface area contributed by atoms with Gasteiger partial charge in [0.15, 0.2) is 0 Å². The summed E-state index contributed by atoms with van der Waals surface area (Å²) in [6.07, 6.45) is -15.8. The number of hydrogen-bond acceptors (Lipinski definition) is 8. The smallest absolute Gasteiger partial charge is 0.192 e. The largest absolute Gasteiger partial charge is 0.417 e. The van der Waals surface area contributed by atoms with E-state index >= 15 is 0 Å². The molecule has 0 saturated carbocycles. The zero-order valence-corrected chi connectivity index (χ0v) is 26.0. The predicted molar refractivity (Wildman–Crippen MR) is 165 cm³/mol. The van der Waals surface area contributed by atoms with Gasteiger partial charge in [-0.1, -0.05) is 6.07 Å². The molecule has 0 bridgehead atoms. The summed E-state index contributed by atoms with van der Waals surface area (Å²) in [6, 6.07) is 15.6. The number of alkyl halides is 9. The Hall–Kier alpha value is -8.09. The highest BCUT2D eigenvalue weighted by Gasteiger charge is 2.43. The molecule has 3 aromatic carbocycles. The van der Waals surface area contributed by atoms with Gasteiger partial charge in [0.2, 0.25) is 0 Å². The Morgan fingerprint density at radius 3 is 1.43 bits per heavy atom. The summed E-state index contributed by atoms with van der Waals surface area (Å²) in [7, 11) is 0. The summed E-state index contributed by atoms with van der Waals surface area (Å²) in [5.41, 5.74) is -15.6. The number of halogens is 9. The van der Waals surface area contributed by atoms with Crippen molar-refractivity contribution in [3.05, 3.63) is 115 Å². The molecule has 0 atom stereocenters. The maximum Gasteiger partial charge on any atom is 0.417 e. The van der Waals surface area contributed by atoms with Gasteiger partial charge in [0.05, 0.1) is 45.0 Å². The highest BCUT2D eigenvalue weighted by atomic mass is 19.4. The van der Waals surface area contributed by atoms with Gasteiger partial charge in [-0.05, 0) is 53.1 Å². The molecule has 5 rings (SSSR count). The second kappa shape index (κ2) is 12.9. The molecule has 0 N–H and O–H groups in total. The van der Waals surface area contributed by atoms with Gasteiger partial charge in [0.25, 0.3) is 0 Å². The fourth-order valence-electron chi connectivity index (χ4n) is 6.21. The number of hydrogen-bond donors (Lipinski definition) is 0. The van der Waals surface area contributed by atoms with Crippen LogP contribution >= 0.6 is 0 Å². The first-order valence-corrected chi connectivity index (χ1v) is 14.3. The molecule has 2 aliphatic rings. The van der Waals surface area contributed by atoms with Gasteiger partial charge < -0.3 is 0 Å². The standard InChI is InChI=1S/C37H7F9N8/c38-35(39,40)21-4-17(5-22(6-21)36(41,42)43)30-26(14-53)33-24(31(30)19(9-48)10-49)7-23-25(13-52)29(32(20(11-50)12-51)34(23)27(33)15-54)16-1-2-28(37(44,45)46)18(3-16)8-47/h1-7H. The Kier molecular flexibility index (Phi) is 8.88. The SMILES string of the molecule is N#CC(C#N)=C1C(c2cc(C(F)(F)F)cc(C(F)(F)F)c2)=C(C#N)c2c1cc1c(c2C#N)C(=C(C#N)C#N)C(c2ccc(C(F)(F)F)c(C#N)c2)=C1C#N. The number of benzene rings is 3. The van der Waals surface area contributed by atoms with Crippen molar-refractivity contribution in [2.75, 3.05) is 0 Å². The predicted octanol–water partition coefficient (Wildman–Crippen LogP) is 8.98. The molecular weight excluding hydrogens is 727 g/mol. The fraction of sp³-hybridized carbons (Fsp3) is 0.0811. The monoisotopic (exact) mass is 734 g/mol. The van der Waals surface area contributed by atoms with Crippen LogP contribution in [0.4, 0.5) is 39.5 Å². The summed E-state index contributed by atoms with van der Waals surface area (Å²) in [4.78, 5) is 0.